The van der Waals surface area contributed by atoms with Crippen molar-refractivity contribution in [2.24, 2.45) is 7.05 Å². The van der Waals surface area contributed by atoms with Crippen molar-refractivity contribution in [1.29, 1.82) is 0 Å². The molecule has 0 aliphatic carbocycles. The van der Waals surface area contributed by atoms with Gasteiger partial charge in [-0.15, -0.1) is 0 Å². The maximum absolute atomic E-state index is 12.7. The number of nitrogens with zero attached hydrogens (tertiary/aromatic N) is 5. The van der Waals surface area contributed by atoms with Gasteiger partial charge in [-0.3, -0.25) is 14.2 Å². The van der Waals surface area contributed by atoms with Crippen LogP contribution in [0.15, 0.2) is 47.7 Å². The zero-order valence-corrected chi connectivity index (χ0v) is 18.9. The van der Waals surface area contributed by atoms with Crippen molar-refractivity contribution in [3.8, 4) is 11.4 Å². The third kappa shape index (κ3) is 4.00. The molecule has 1 atom stereocenters. The summed E-state index contributed by atoms with van der Waals surface area (Å²) in [5.74, 6) is 0.617. The molecular formula is C24H26N6O3. The predicted molar refractivity (Wildman–Crippen MR) is 124 cm³/mol. The normalized spacial score (nSPS) is 19.7. The second-order valence-electron chi connectivity index (χ2n) is 9.15. The Bertz CT molecular complexity index is 1270. The van der Waals surface area contributed by atoms with E-state index in [2.05, 4.69) is 40.1 Å². The van der Waals surface area contributed by atoms with Crippen molar-refractivity contribution in [2.45, 2.75) is 31.8 Å². The van der Waals surface area contributed by atoms with Gasteiger partial charge in [0, 0.05) is 43.4 Å². The van der Waals surface area contributed by atoms with Crippen LogP contribution in [0.3, 0.4) is 0 Å². The van der Waals surface area contributed by atoms with E-state index in [1.54, 1.807) is 23.9 Å². The van der Waals surface area contributed by atoms with E-state index in [-0.39, 0.29) is 23.0 Å². The number of anilines is 2. The highest BCUT2D eigenvalue weighted by Gasteiger charge is 2.33. The highest BCUT2D eigenvalue weighted by atomic mass is 16.5. The molecule has 2 aliphatic rings. The first-order chi connectivity index (χ1) is 15.8. The standard InChI is InChI=1S/C24H26N6O3/c1-24(2)12-21(31)27-17-5-4-15(10-16(17)24)20-13-30(8-9-33-20)23-28-19(11-22(32)29(23)3)18-6-7-25-14-26-18/h4-7,10-11,14,20H,8-9,12-13H2,1-3H3,(H,27,31). The van der Waals surface area contributed by atoms with E-state index in [4.69, 9.17) is 9.72 Å². The maximum atomic E-state index is 12.7. The highest BCUT2D eigenvalue weighted by Crippen LogP contribution is 2.39. The molecule has 5 rings (SSSR count). The lowest BCUT2D eigenvalue weighted by Crippen LogP contribution is -2.42. The molecule has 1 amide bonds. The Labute approximate surface area is 191 Å². The molecule has 1 N–H and O–H groups in total. The van der Waals surface area contributed by atoms with E-state index < -0.39 is 0 Å². The summed E-state index contributed by atoms with van der Waals surface area (Å²) in [7, 11) is 1.73. The van der Waals surface area contributed by atoms with Crippen molar-refractivity contribution < 1.29 is 9.53 Å². The number of benzene rings is 1. The number of nitrogens with one attached hydrogen (secondary N) is 1. The summed E-state index contributed by atoms with van der Waals surface area (Å²) in [6, 6.07) is 9.31. The number of fused-ring (bicyclic) bond motifs is 1. The average Bonchev–Trinajstić information content (AvgIpc) is 2.80. The SMILES string of the molecule is Cn1c(N2CCOC(c3ccc4c(c3)C(C)(C)CC(=O)N4)C2)nc(-c2ccncn2)cc1=O. The van der Waals surface area contributed by atoms with Crippen LogP contribution in [-0.4, -0.2) is 45.1 Å². The third-order valence-corrected chi connectivity index (χ3v) is 6.33. The van der Waals surface area contributed by atoms with Gasteiger partial charge in [0.2, 0.25) is 11.9 Å². The molecule has 0 radical (unpaired) electrons. The van der Waals surface area contributed by atoms with Gasteiger partial charge in [-0.05, 0) is 23.3 Å². The van der Waals surface area contributed by atoms with E-state index in [0.717, 1.165) is 16.8 Å². The minimum Gasteiger partial charge on any atom is -0.370 e. The Kier molecular flexibility index (Phi) is 5.20. The lowest BCUT2D eigenvalue weighted by atomic mass is 9.77. The predicted octanol–water partition coefficient (Wildman–Crippen LogP) is 2.44. The first-order valence-electron chi connectivity index (χ1n) is 11.0. The van der Waals surface area contributed by atoms with Gasteiger partial charge in [0.25, 0.3) is 5.56 Å². The van der Waals surface area contributed by atoms with E-state index in [1.165, 1.54) is 12.4 Å². The average molecular weight is 447 g/mol. The molecule has 2 aromatic heterocycles. The van der Waals surface area contributed by atoms with Gasteiger partial charge in [0.1, 0.15) is 12.4 Å². The quantitative estimate of drug-likeness (QED) is 0.659. The fourth-order valence-corrected chi connectivity index (χ4v) is 4.54. The lowest BCUT2D eigenvalue weighted by Gasteiger charge is -2.36. The minimum atomic E-state index is -0.251. The summed E-state index contributed by atoms with van der Waals surface area (Å²) >= 11 is 0. The van der Waals surface area contributed by atoms with E-state index in [0.29, 0.717) is 43.5 Å². The van der Waals surface area contributed by atoms with Crippen LogP contribution in [0.25, 0.3) is 11.4 Å². The summed E-state index contributed by atoms with van der Waals surface area (Å²) in [6.07, 6.45) is 3.34. The summed E-state index contributed by atoms with van der Waals surface area (Å²) < 4.78 is 7.67. The van der Waals surface area contributed by atoms with Crippen LogP contribution in [0.1, 0.15) is 37.5 Å². The van der Waals surface area contributed by atoms with Gasteiger partial charge in [-0.1, -0.05) is 26.0 Å². The topological polar surface area (TPSA) is 102 Å². The molecule has 1 fully saturated rings. The third-order valence-electron chi connectivity index (χ3n) is 6.33. The van der Waals surface area contributed by atoms with Crippen LogP contribution < -0.4 is 15.8 Å². The van der Waals surface area contributed by atoms with Crippen molar-refractivity contribution in [2.75, 3.05) is 29.9 Å². The van der Waals surface area contributed by atoms with E-state index in [1.807, 2.05) is 12.1 Å². The molecule has 0 bridgehead atoms. The largest absolute Gasteiger partial charge is 0.370 e. The molecule has 1 saturated heterocycles. The number of carbonyl (C=O) groups excluding carboxylic acids is 1. The lowest BCUT2D eigenvalue weighted by molar-refractivity contribution is -0.117. The molecule has 1 unspecified atom stereocenters. The van der Waals surface area contributed by atoms with Crippen LogP contribution in [0.5, 0.6) is 0 Å². The van der Waals surface area contributed by atoms with Gasteiger partial charge in [-0.2, -0.15) is 0 Å². The number of hydrogen-bond acceptors (Lipinski definition) is 7. The van der Waals surface area contributed by atoms with Gasteiger partial charge in [-0.25, -0.2) is 15.0 Å². The molecule has 170 valence electrons. The molecule has 4 heterocycles. The first kappa shape index (κ1) is 21.3. The molecule has 33 heavy (non-hydrogen) atoms. The zero-order valence-electron chi connectivity index (χ0n) is 18.9. The molecule has 0 spiro atoms. The Balaban J connectivity index is 1.46. The van der Waals surface area contributed by atoms with E-state index >= 15 is 0 Å². The number of aromatic nitrogens is 4. The minimum absolute atomic E-state index is 0.0379. The number of carbonyl (C=O) groups is 1. The number of amides is 1. The molecule has 3 aromatic rings. The number of ether oxygens (including phenoxy) is 1. The molecule has 0 saturated carbocycles. The summed E-state index contributed by atoms with van der Waals surface area (Å²) in [5.41, 5.74) is 3.73. The van der Waals surface area contributed by atoms with Crippen LogP contribution in [0.4, 0.5) is 11.6 Å². The number of morpholine rings is 1. The Morgan fingerprint density at radius 2 is 2.00 bits per heavy atom. The van der Waals surface area contributed by atoms with Crippen LogP contribution in [0.2, 0.25) is 0 Å². The second-order valence-corrected chi connectivity index (χ2v) is 9.15. The van der Waals surface area contributed by atoms with E-state index in [9.17, 15) is 9.59 Å². The highest BCUT2D eigenvalue weighted by molar-refractivity contribution is 5.95. The second kappa shape index (κ2) is 8.08. The Morgan fingerprint density at radius 1 is 1.15 bits per heavy atom. The maximum Gasteiger partial charge on any atom is 0.255 e. The van der Waals surface area contributed by atoms with Crippen LogP contribution in [0, 0.1) is 0 Å². The van der Waals surface area contributed by atoms with Crippen LogP contribution >= 0.6 is 0 Å². The zero-order chi connectivity index (χ0) is 23.2. The smallest absolute Gasteiger partial charge is 0.255 e. The van der Waals surface area contributed by atoms with Gasteiger partial charge < -0.3 is 15.0 Å². The molecular weight excluding hydrogens is 420 g/mol. The Morgan fingerprint density at radius 3 is 2.79 bits per heavy atom. The summed E-state index contributed by atoms with van der Waals surface area (Å²) in [5, 5.41) is 2.97. The first-order valence-corrected chi connectivity index (χ1v) is 11.0. The summed E-state index contributed by atoms with van der Waals surface area (Å²) in [6.45, 7) is 5.85. The van der Waals surface area contributed by atoms with Crippen molar-refractivity contribution in [1.82, 2.24) is 19.5 Å². The van der Waals surface area contributed by atoms with Crippen LogP contribution in [-0.2, 0) is 22.0 Å². The molecule has 1 aromatic carbocycles. The molecule has 9 nitrogen and oxygen atoms in total. The monoisotopic (exact) mass is 446 g/mol. The summed E-state index contributed by atoms with van der Waals surface area (Å²) in [4.78, 5) is 39.7. The molecule has 2 aliphatic heterocycles. The van der Waals surface area contributed by atoms with Crippen molar-refractivity contribution in [3.05, 3.63) is 64.3 Å². The number of rotatable bonds is 3. The fraction of sp³-hybridized carbons (Fsp3) is 0.375. The fourth-order valence-electron chi connectivity index (χ4n) is 4.54. The van der Waals surface area contributed by atoms with Gasteiger partial charge in [0.05, 0.1) is 24.5 Å². The van der Waals surface area contributed by atoms with Crippen molar-refractivity contribution in [3.63, 3.8) is 0 Å². The van der Waals surface area contributed by atoms with Gasteiger partial charge in [0.15, 0.2) is 0 Å². The van der Waals surface area contributed by atoms with Gasteiger partial charge >= 0.3 is 0 Å². The number of hydrogen-bond donors (Lipinski definition) is 1. The Hall–Kier alpha value is -3.59. The molecule has 9 heteroatoms. The van der Waals surface area contributed by atoms with Crippen molar-refractivity contribution >= 4 is 17.5 Å².